The van der Waals surface area contributed by atoms with Crippen LogP contribution in [-0.2, 0) is 0 Å². The standard InChI is InChI=1S/C75H50N4Si/c1-4-20-54(21-5-1)79-74-67-32-13-11-27-62(67)61-26-10-12-31-66(61)73(74)76-75(79)53-38-36-51(37-39-53)52-40-45-59(46-41-52)80(57-22-6-2-7-23-57,58-24-8-3-9-25-58)60-47-42-55(43-48-60)77-71-35-19-16-30-65(71)68-50-56(44-49-72(68)77)78-69-33-17-14-28-63(69)64-29-15-18-34-70(64)78/h1-50H. The first-order chi connectivity index (χ1) is 39.7. The van der Waals surface area contributed by atoms with E-state index in [1.165, 1.54) is 86.1 Å². The predicted octanol–water partition coefficient (Wildman–Crippen LogP) is 16.2. The van der Waals surface area contributed by atoms with E-state index in [4.69, 9.17) is 4.98 Å². The van der Waals surface area contributed by atoms with Crippen LogP contribution in [0, 0.1) is 0 Å². The zero-order valence-corrected chi connectivity index (χ0v) is 44.7. The van der Waals surface area contributed by atoms with Crippen molar-refractivity contribution in [3.05, 3.63) is 303 Å². The molecule has 0 fully saturated rings. The van der Waals surface area contributed by atoms with Crippen molar-refractivity contribution >= 4 is 105 Å². The number of hydrogen-bond acceptors (Lipinski definition) is 1. The number of nitrogens with zero attached hydrogens (tertiary/aromatic N) is 4. The SMILES string of the molecule is c1ccc(-n2c(-c3ccc(-c4ccc([Si](c5ccccc5)(c5ccccc5)c5ccc(-n6c7ccccc7c7cc(-n8c9ccccc9c9ccccc98)ccc76)cc5)cc4)cc3)nc3c4ccccc4c4ccccc4c32)cc1. The van der Waals surface area contributed by atoms with Crippen LogP contribution in [0.1, 0.15) is 0 Å². The number of hydrogen-bond donors (Lipinski definition) is 0. The summed E-state index contributed by atoms with van der Waals surface area (Å²) in [7, 11) is -2.89. The van der Waals surface area contributed by atoms with Gasteiger partial charge in [-0.3, -0.25) is 4.57 Å². The lowest BCUT2D eigenvalue weighted by Crippen LogP contribution is -2.74. The number of para-hydroxylation sites is 4. The Hall–Kier alpha value is -10.3. The van der Waals surface area contributed by atoms with E-state index in [1.54, 1.807) is 0 Å². The fourth-order valence-electron chi connectivity index (χ4n) is 13.3. The summed E-state index contributed by atoms with van der Waals surface area (Å²) < 4.78 is 7.21. The van der Waals surface area contributed by atoms with Crippen LogP contribution in [0.4, 0.5) is 0 Å². The summed E-state index contributed by atoms with van der Waals surface area (Å²) in [5.41, 5.74) is 13.7. The minimum absolute atomic E-state index is 0.921. The van der Waals surface area contributed by atoms with Crippen molar-refractivity contribution in [2.24, 2.45) is 0 Å². The molecule has 0 aliphatic carbocycles. The molecule has 0 saturated carbocycles. The first-order valence-corrected chi connectivity index (χ1v) is 29.5. The van der Waals surface area contributed by atoms with Crippen LogP contribution in [0.3, 0.4) is 0 Å². The highest BCUT2D eigenvalue weighted by Gasteiger charge is 2.41. The number of fused-ring (bicyclic) bond motifs is 12. The zero-order chi connectivity index (χ0) is 52.7. The maximum Gasteiger partial charge on any atom is 0.179 e. The smallest absolute Gasteiger partial charge is 0.179 e. The maximum atomic E-state index is 5.51. The second-order valence-electron chi connectivity index (χ2n) is 21.0. The van der Waals surface area contributed by atoms with Crippen LogP contribution >= 0.6 is 0 Å². The Balaban J connectivity index is 0.800. The van der Waals surface area contributed by atoms with E-state index in [-0.39, 0.29) is 0 Å². The first kappa shape index (κ1) is 45.8. The van der Waals surface area contributed by atoms with Crippen molar-refractivity contribution in [2.45, 2.75) is 0 Å². The molecule has 0 atom stereocenters. The molecular weight excluding hydrogens is 985 g/mol. The van der Waals surface area contributed by atoms with Crippen molar-refractivity contribution in [3.63, 3.8) is 0 Å². The average molecular weight is 1040 g/mol. The summed E-state index contributed by atoms with van der Waals surface area (Å²) in [6.07, 6.45) is 0. The van der Waals surface area contributed by atoms with Gasteiger partial charge in [0.15, 0.2) is 8.07 Å². The molecule has 16 aromatic rings. The van der Waals surface area contributed by atoms with E-state index in [1.807, 2.05) is 0 Å². The quantitative estimate of drug-likeness (QED) is 0.0804. The Labute approximate surface area is 464 Å². The molecule has 0 N–H and O–H groups in total. The van der Waals surface area contributed by atoms with Crippen molar-refractivity contribution in [1.29, 1.82) is 0 Å². The van der Waals surface area contributed by atoms with Crippen LogP contribution in [0.15, 0.2) is 303 Å². The molecule has 3 aromatic heterocycles. The van der Waals surface area contributed by atoms with Gasteiger partial charge in [0.1, 0.15) is 5.82 Å². The van der Waals surface area contributed by atoms with Gasteiger partial charge >= 0.3 is 0 Å². The first-order valence-electron chi connectivity index (χ1n) is 27.5. The minimum atomic E-state index is -2.89. The van der Waals surface area contributed by atoms with Crippen LogP contribution in [0.25, 0.3) is 116 Å². The number of imidazole rings is 1. The monoisotopic (exact) mass is 1030 g/mol. The summed E-state index contributed by atoms with van der Waals surface area (Å²) in [5, 5.41) is 15.1. The normalized spacial score (nSPS) is 12.0. The van der Waals surface area contributed by atoms with E-state index >= 15 is 0 Å². The summed E-state index contributed by atoms with van der Waals surface area (Å²) in [6.45, 7) is 0. The third-order valence-corrected chi connectivity index (χ3v) is 21.6. The third kappa shape index (κ3) is 6.97. The highest BCUT2D eigenvalue weighted by Crippen LogP contribution is 2.41. The molecule has 0 aliphatic rings. The van der Waals surface area contributed by atoms with E-state index in [2.05, 4.69) is 317 Å². The molecule has 0 aliphatic heterocycles. The van der Waals surface area contributed by atoms with Crippen molar-refractivity contribution < 1.29 is 0 Å². The van der Waals surface area contributed by atoms with Crippen molar-refractivity contribution in [3.8, 4) is 39.6 Å². The summed E-state index contributed by atoms with van der Waals surface area (Å²) in [6, 6.07) is 112. The van der Waals surface area contributed by atoms with Crippen molar-refractivity contribution in [2.75, 3.05) is 0 Å². The van der Waals surface area contributed by atoms with Gasteiger partial charge in [0.05, 0.1) is 33.1 Å². The van der Waals surface area contributed by atoms with Gasteiger partial charge in [-0.05, 0) is 103 Å². The van der Waals surface area contributed by atoms with Gasteiger partial charge in [-0.2, -0.15) is 0 Å². The summed E-state index contributed by atoms with van der Waals surface area (Å²) >= 11 is 0. The lowest BCUT2D eigenvalue weighted by molar-refractivity contribution is 1.11. The Morgan fingerprint density at radius 3 is 1.16 bits per heavy atom. The van der Waals surface area contributed by atoms with Gasteiger partial charge in [0.25, 0.3) is 0 Å². The molecule has 0 spiro atoms. The van der Waals surface area contributed by atoms with E-state index in [0.717, 1.165) is 50.4 Å². The molecule has 0 amide bonds. The lowest BCUT2D eigenvalue weighted by atomic mass is 10.00. The Morgan fingerprint density at radius 2 is 0.600 bits per heavy atom. The zero-order valence-electron chi connectivity index (χ0n) is 43.7. The van der Waals surface area contributed by atoms with Crippen LogP contribution < -0.4 is 20.7 Å². The van der Waals surface area contributed by atoms with Gasteiger partial charge < -0.3 is 9.13 Å². The highest BCUT2D eigenvalue weighted by atomic mass is 28.3. The molecule has 16 rings (SSSR count). The molecule has 0 bridgehead atoms. The van der Waals surface area contributed by atoms with Crippen LogP contribution in [0.5, 0.6) is 0 Å². The molecule has 13 aromatic carbocycles. The van der Waals surface area contributed by atoms with Crippen LogP contribution in [0.2, 0.25) is 0 Å². The van der Waals surface area contributed by atoms with E-state index < -0.39 is 8.07 Å². The summed E-state index contributed by atoms with van der Waals surface area (Å²) in [4.78, 5) is 5.51. The maximum absolute atomic E-state index is 5.51. The topological polar surface area (TPSA) is 27.7 Å². The number of aromatic nitrogens is 4. The number of rotatable bonds is 9. The molecule has 0 radical (unpaired) electrons. The van der Waals surface area contributed by atoms with Gasteiger partial charge in [0, 0.05) is 54.9 Å². The summed E-state index contributed by atoms with van der Waals surface area (Å²) in [5.74, 6) is 0.921. The number of benzene rings is 13. The molecule has 374 valence electrons. The highest BCUT2D eigenvalue weighted by molar-refractivity contribution is 7.19. The molecule has 4 nitrogen and oxygen atoms in total. The largest absolute Gasteiger partial charge is 0.309 e. The minimum Gasteiger partial charge on any atom is -0.309 e. The van der Waals surface area contributed by atoms with E-state index in [9.17, 15) is 0 Å². The fourth-order valence-corrected chi connectivity index (χ4v) is 18.0. The molecule has 0 saturated heterocycles. The second kappa shape index (κ2) is 18.4. The Bertz CT molecular complexity index is 4930. The van der Waals surface area contributed by atoms with Crippen molar-refractivity contribution in [1.82, 2.24) is 18.7 Å². The fraction of sp³-hybridized carbons (Fsp3) is 0. The average Bonchev–Trinajstić information content (AvgIpc) is 4.39. The second-order valence-corrected chi connectivity index (χ2v) is 24.8. The molecule has 80 heavy (non-hydrogen) atoms. The van der Waals surface area contributed by atoms with Crippen LogP contribution in [-0.4, -0.2) is 26.8 Å². The Morgan fingerprint density at radius 1 is 0.237 bits per heavy atom. The molecule has 0 unspecified atom stereocenters. The molecule has 3 heterocycles. The predicted molar refractivity (Wildman–Crippen MR) is 339 cm³/mol. The van der Waals surface area contributed by atoms with E-state index in [0.29, 0.717) is 0 Å². The Kier molecular flexibility index (Phi) is 10.5. The molecule has 5 heteroatoms. The van der Waals surface area contributed by atoms with Gasteiger partial charge in [-0.15, -0.1) is 0 Å². The lowest BCUT2D eigenvalue weighted by Gasteiger charge is -2.34. The van der Waals surface area contributed by atoms with Gasteiger partial charge in [0.2, 0.25) is 0 Å². The molecular formula is C75H50N4Si. The van der Waals surface area contributed by atoms with Gasteiger partial charge in [-0.1, -0.05) is 243 Å². The van der Waals surface area contributed by atoms with Gasteiger partial charge in [-0.25, -0.2) is 4.98 Å². The third-order valence-electron chi connectivity index (χ3n) is 16.8.